The molecule has 0 bridgehead atoms. The van der Waals surface area contributed by atoms with Crippen molar-refractivity contribution in [1.29, 1.82) is 0 Å². The molecule has 0 aliphatic rings. The third-order valence-corrected chi connectivity index (χ3v) is 7.30. The van der Waals surface area contributed by atoms with Crippen LogP contribution in [0.25, 0.3) is 0 Å². The third-order valence-electron chi connectivity index (χ3n) is 3.90. The monoisotopic (exact) mass is 387 g/mol. The lowest BCUT2D eigenvalue weighted by molar-refractivity contribution is 0.390. The number of hydrogen-bond donors (Lipinski definition) is 1. The molecule has 0 aliphatic carbocycles. The van der Waals surface area contributed by atoms with Crippen molar-refractivity contribution in [2.75, 3.05) is 18.8 Å². The average Bonchev–Trinajstić information content (AvgIpc) is 2.82. The number of aromatic nitrogens is 1. The normalized spacial score (nSPS) is 12.6. The van der Waals surface area contributed by atoms with Crippen molar-refractivity contribution < 1.29 is 21.4 Å². The van der Waals surface area contributed by atoms with Crippen LogP contribution in [0.15, 0.2) is 26.4 Å². The van der Waals surface area contributed by atoms with E-state index in [1.54, 1.807) is 13.8 Å². The Hall–Kier alpha value is -1.91. The fourth-order valence-electron chi connectivity index (χ4n) is 2.35. The van der Waals surface area contributed by atoms with Gasteiger partial charge >= 0.3 is 0 Å². The van der Waals surface area contributed by atoms with Gasteiger partial charge in [0.15, 0.2) is 10.7 Å². The van der Waals surface area contributed by atoms with Crippen LogP contribution in [0, 0.1) is 27.7 Å². The van der Waals surface area contributed by atoms with Crippen molar-refractivity contribution in [1.82, 2.24) is 9.46 Å². The van der Waals surface area contributed by atoms with E-state index in [1.807, 2.05) is 0 Å². The van der Waals surface area contributed by atoms with Crippen LogP contribution in [-0.4, -0.2) is 40.4 Å². The lowest BCUT2D eigenvalue weighted by Crippen LogP contribution is -2.23. The minimum Gasteiger partial charge on any atom is -0.360 e. The van der Waals surface area contributed by atoms with Gasteiger partial charge in [-0.3, -0.25) is 4.72 Å². The van der Waals surface area contributed by atoms with Gasteiger partial charge in [-0.1, -0.05) is 5.16 Å². The molecule has 0 amide bonds. The lowest BCUT2D eigenvalue weighted by atomic mass is 10.1. The number of hydrogen-bond acceptors (Lipinski definition) is 6. The van der Waals surface area contributed by atoms with E-state index < -0.39 is 20.0 Å². The van der Waals surface area contributed by atoms with Crippen molar-refractivity contribution in [3.05, 3.63) is 34.7 Å². The van der Waals surface area contributed by atoms with E-state index in [0.29, 0.717) is 11.1 Å². The quantitative estimate of drug-likeness (QED) is 0.840. The molecule has 8 nitrogen and oxygen atoms in total. The largest absolute Gasteiger partial charge is 0.360 e. The minimum atomic E-state index is -3.97. The highest BCUT2D eigenvalue weighted by Crippen LogP contribution is 2.29. The molecule has 10 heteroatoms. The third kappa shape index (κ3) is 3.55. The Morgan fingerprint density at radius 2 is 1.64 bits per heavy atom. The number of aryl methyl sites for hydroxylation is 3. The molecule has 0 spiro atoms. The van der Waals surface area contributed by atoms with Gasteiger partial charge in [-0.05, 0) is 51.0 Å². The van der Waals surface area contributed by atoms with E-state index in [4.69, 9.17) is 4.52 Å². The molecule has 0 aliphatic heterocycles. The van der Waals surface area contributed by atoms with Crippen LogP contribution in [0.2, 0.25) is 0 Å². The summed E-state index contributed by atoms with van der Waals surface area (Å²) in [5.74, 6) is 0.163. The first-order valence-corrected chi connectivity index (χ1v) is 10.3. The number of nitrogens with zero attached hydrogens (tertiary/aromatic N) is 2. The van der Waals surface area contributed by atoms with E-state index in [-0.39, 0.29) is 26.9 Å². The molecule has 0 unspecified atom stereocenters. The Labute approximate surface area is 147 Å². The SMILES string of the molecule is Cc1cc(S(=O)(=O)N(C)C)cc(NS(=O)(=O)c2c(C)noc2C)c1C. The first kappa shape index (κ1) is 19.4. The molecule has 0 saturated heterocycles. The van der Waals surface area contributed by atoms with Crippen LogP contribution in [0.1, 0.15) is 22.6 Å². The maximum Gasteiger partial charge on any atom is 0.267 e. The highest BCUT2D eigenvalue weighted by atomic mass is 32.2. The van der Waals surface area contributed by atoms with E-state index >= 15 is 0 Å². The van der Waals surface area contributed by atoms with E-state index in [0.717, 1.165) is 4.31 Å². The number of rotatable bonds is 5. The van der Waals surface area contributed by atoms with E-state index in [9.17, 15) is 16.8 Å². The van der Waals surface area contributed by atoms with Crippen molar-refractivity contribution in [3.63, 3.8) is 0 Å². The molecular formula is C15H21N3O5S2. The van der Waals surface area contributed by atoms with Crippen molar-refractivity contribution in [2.45, 2.75) is 37.5 Å². The molecule has 2 aromatic rings. The molecule has 2 rings (SSSR count). The first-order valence-electron chi connectivity index (χ1n) is 7.37. The number of nitrogens with one attached hydrogen (secondary N) is 1. The maximum atomic E-state index is 12.7. The first-order chi connectivity index (χ1) is 11.4. The van der Waals surface area contributed by atoms with Gasteiger partial charge < -0.3 is 4.52 Å². The summed E-state index contributed by atoms with van der Waals surface area (Å²) in [6.07, 6.45) is 0. The van der Waals surface area contributed by atoms with Gasteiger partial charge in [0.2, 0.25) is 10.0 Å². The van der Waals surface area contributed by atoms with Gasteiger partial charge in [0.05, 0.1) is 10.6 Å². The second kappa shape index (κ2) is 6.43. The molecular weight excluding hydrogens is 366 g/mol. The van der Waals surface area contributed by atoms with Crippen molar-refractivity contribution in [2.24, 2.45) is 0 Å². The Balaban J connectivity index is 2.59. The zero-order valence-corrected chi connectivity index (χ0v) is 16.5. The van der Waals surface area contributed by atoms with Gasteiger partial charge in [0.25, 0.3) is 10.0 Å². The Morgan fingerprint density at radius 3 is 2.12 bits per heavy atom. The summed E-state index contributed by atoms with van der Waals surface area (Å²) in [5.41, 5.74) is 1.71. The molecule has 1 aromatic carbocycles. The Bertz CT molecular complexity index is 1000. The van der Waals surface area contributed by atoms with Crippen LogP contribution in [0.4, 0.5) is 5.69 Å². The average molecular weight is 387 g/mol. The van der Waals surface area contributed by atoms with Crippen LogP contribution in [0.3, 0.4) is 0 Å². The maximum absolute atomic E-state index is 12.7. The molecule has 0 radical (unpaired) electrons. The highest BCUT2D eigenvalue weighted by molar-refractivity contribution is 7.92. The summed E-state index contributed by atoms with van der Waals surface area (Å²) in [6.45, 7) is 6.46. The predicted octanol–water partition coefficient (Wildman–Crippen LogP) is 1.96. The molecule has 1 aromatic heterocycles. The van der Waals surface area contributed by atoms with Gasteiger partial charge in [-0.15, -0.1) is 0 Å². The fraction of sp³-hybridized carbons (Fsp3) is 0.400. The van der Waals surface area contributed by atoms with Crippen LogP contribution in [0.5, 0.6) is 0 Å². The minimum absolute atomic E-state index is 0.0112. The van der Waals surface area contributed by atoms with E-state index in [1.165, 1.54) is 40.1 Å². The summed E-state index contributed by atoms with van der Waals surface area (Å²) in [6, 6.07) is 2.83. The van der Waals surface area contributed by atoms with Crippen molar-refractivity contribution >= 4 is 25.7 Å². The number of benzene rings is 1. The molecule has 0 atom stereocenters. The zero-order chi connectivity index (χ0) is 19.2. The zero-order valence-electron chi connectivity index (χ0n) is 14.9. The highest BCUT2D eigenvalue weighted by Gasteiger charge is 2.26. The van der Waals surface area contributed by atoms with Crippen molar-refractivity contribution in [3.8, 4) is 0 Å². The molecule has 25 heavy (non-hydrogen) atoms. The van der Waals surface area contributed by atoms with Gasteiger partial charge in [0, 0.05) is 14.1 Å². The van der Waals surface area contributed by atoms with Crippen LogP contribution >= 0.6 is 0 Å². The standard InChI is InChI=1S/C15H21N3O5S2/c1-9-7-13(25(21,22)18(5)6)8-14(10(9)2)17-24(19,20)15-11(3)16-23-12(15)4/h7-8,17H,1-6H3. The summed E-state index contributed by atoms with van der Waals surface area (Å²) in [4.78, 5) is -0.0394. The van der Waals surface area contributed by atoms with Gasteiger partial charge in [-0.25, -0.2) is 21.1 Å². The summed E-state index contributed by atoms with van der Waals surface area (Å²) < 4.78 is 58.6. The summed E-state index contributed by atoms with van der Waals surface area (Å²) in [5, 5.41) is 3.65. The van der Waals surface area contributed by atoms with Gasteiger partial charge in [-0.2, -0.15) is 0 Å². The fourth-order valence-corrected chi connectivity index (χ4v) is 4.81. The Morgan fingerprint density at radius 1 is 1.04 bits per heavy atom. The molecule has 1 heterocycles. The van der Waals surface area contributed by atoms with Crippen LogP contribution in [-0.2, 0) is 20.0 Å². The van der Waals surface area contributed by atoms with E-state index in [2.05, 4.69) is 9.88 Å². The second-order valence-corrected chi connectivity index (χ2v) is 9.73. The van der Waals surface area contributed by atoms with Gasteiger partial charge in [0.1, 0.15) is 5.69 Å². The second-order valence-electron chi connectivity index (χ2n) is 5.96. The number of anilines is 1. The lowest BCUT2D eigenvalue weighted by Gasteiger charge is -2.17. The summed E-state index contributed by atoms with van der Waals surface area (Å²) >= 11 is 0. The molecule has 138 valence electrons. The topological polar surface area (TPSA) is 110 Å². The summed E-state index contributed by atoms with van der Waals surface area (Å²) in [7, 11) is -4.83. The molecule has 0 fully saturated rings. The number of sulfonamides is 2. The smallest absolute Gasteiger partial charge is 0.267 e. The molecule has 0 saturated carbocycles. The predicted molar refractivity (Wildman–Crippen MR) is 93.6 cm³/mol. The molecule has 1 N–H and O–H groups in total. The Kier molecular flexibility index (Phi) is 4.99. The van der Waals surface area contributed by atoms with Crippen LogP contribution < -0.4 is 4.72 Å².